The summed E-state index contributed by atoms with van der Waals surface area (Å²) in [6.45, 7) is 0.606. The van der Waals surface area contributed by atoms with Crippen LogP contribution in [0.4, 0.5) is 5.69 Å². The largest absolute Gasteiger partial charge is 0.361 e. The first-order valence-electron chi connectivity index (χ1n) is 7.78. The molecule has 1 fully saturated rings. The van der Waals surface area contributed by atoms with E-state index in [-0.39, 0.29) is 23.7 Å². The maximum atomic E-state index is 12.4. The summed E-state index contributed by atoms with van der Waals surface area (Å²) >= 11 is 0. The van der Waals surface area contributed by atoms with Gasteiger partial charge < -0.3 is 16.0 Å². The minimum atomic E-state index is 0. The third-order valence-corrected chi connectivity index (χ3v) is 4.75. The number of anilines is 1. The normalized spacial score (nSPS) is 17.0. The van der Waals surface area contributed by atoms with Crippen molar-refractivity contribution in [2.75, 3.05) is 11.9 Å². The van der Waals surface area contributed by atoms with E-state index >= 15 is 0 Å². The van der Waals surface area contributed by atoms with Crippen LogP contribution in [0.5, 0.6) is 0 Å². The molecule has 2 aromatic rings. The van der Waals surface area contributed by atoms with E-state index in [1.807, 2.05) is 30.5 Å². The molecule has 0 radical (unpaired) electrons. The van der Waals surface area contributed by atoms with E-state index in [2.05, 4.69) is 10.3 Å². The fraction of sp³-hybridized carbons (Fsp3) is 0.471. The first-order chi connectivity index (χ1) is 10.2. The van der Waals surface area contributed by atoms with Crippen molar-refractivity contribution in [1.29, 1.82) is 0 Å². The predicted octanol–water partition coefficient (Wildman–Crippen LogP) is 3.83. The Morgan fingerprint density at radius 2 is 2.00 bits per heavy atom. The summed E-state index contributed by atoms with van der Waals surface area (Å²) in [5, 5.41) is 4.12. The van der Waals surface area contributed by atoms with Gasteiger partial charge in [0, 0.05) is 23.5 Å². The fourth-order valence-corrected chi connectivity index (χ4v) is 3.48. The molecule has 120 valence electrons. The standard InChI is InChI=1S/C17H23N3O.ClH/c18-12-17(8-2-1-3-9-17)11-16(21)20-15-6-4-5-14-13(15)7-10-19-14;/h4-7,10,19H,1-3,8-9,11-12,18H2,(H,20,21);1H. The lowest BCUT2D eigenvalue weighted by Gasteiger charge is -2.35. The van der Waals surface area contributed by atoms with Crippen molar-refractivity contribution < 1.29 is 4.79 Å². The highest BCUT2D eigenvalue weighted by Gasteiger charge is 2.33. The number of fused-ring (bicyclic) bond motifs is 1. The van der Waals surface area contributed by atoms with Gasteiger partial charge in [0.2, 0.25) is 5.91 Å². The van der Waals surface area contributed by atoms with Crippen LogP contribution in [0.2, 0.25) is 0 Å². The molecule has 1 heterocycles. The molecule has 1 aliphatic carbocycles. The number of H-pyrrole nitrogens is 1. The zero-order valence-electron chi connectivity index (χ0n) is 12.7. The summed E-state index contributed by atoms with van der Waals surface area (Å²) in [5.41, 5.74) is 7.89. The zero-order valence-corrected chi connectivity index (χ0v) is 13.5. The van der Waals surface area contributed by atoms with Crippen molar-refractivity contribution in [3.63, 3.8) is 0 Å². The number of aromatic nitrogens is 1. The summed E-state index contributed by atoms with van der Waals surface area (Å²) in [6, 6.07) is 7.90. The van der Waals surface area contributed by atoms with Crippen LogP contribution in [0.25, 0.3) is 10.9 Å². The minimum Gasteiger partial charge on any atom is -0.361 e. The lowest BCUT2D eigenvalue weighted by molar-refractivity contribution is -0.118. The third kappa shape index (κ3) is 3.45. The number of carbonyl (C=O) groups is 1. The van der Waals surface area contributed by atoms with Crippen molar-refractivity contribution in [1.82, 2.24) is 4.98 Å². The molecule has 22 heavy (non-hydrogen) atoms. The van der Waals surface area contributed by atoms with Crippen molar-refractivity contribution in [2.24, 2.45) is 11.1 Å². The molecule has 0 aliphatic heterocycles. The molecular weight excluding hydrogens is 298 g/mol. The molecule has 4 N–H and O–H groups in total. The number of aromatic amines is 1. The van der Waals surface area contributed by atoms with Gasteiger partial charge in [-0.15, -0.1) is 12.4 Å². The average molecular weight is 322 g/mol. The van der Waals surface area contributed by atoms with Gasteiger partial charge in [-0.1, -0.05) is 25.3 Å². The number of benzene rings is 1. The van der Waals surface area contributed by atoms with Gasteiger partial charge in [-0.25, -0.2) is 0 Å². The molecule has 0 spiro atoms. The van der Waals surface area contributed by atoms with Crippen LogP contribution >= 0.6 is 12.4 Å². The molecule has 1 amide bonds. The summed E-state index contributed by atoms with van der Waals surface area (Å²) < 4.78 is 0. The molecule has 4 nitrogen and oxygen atoms in total. The Bertz CT molecular complexity index is 632. The molecule has 1 saturated carbocycles. The summed E-state index contributed by atoms with van der Waals surface area (Å²) in [7, 11) is 0. The maximum Gasteiger partial charge on any atom is 0.224 e. The van der Waals surface area contributed by atoms with Crippen molar-refractivity contribution >= 4 is 34.9 Å². The smallest absolute Gasteiger partial charge is 0.224 e. The van der Waals surface area contributed by atoms with Crippen molar-refractivity contribution in [3.05, 3.63) is 30.5 Å². The highest BCUT2D eigenvalue weighted by molar-refractivity contribution is 6.01. The predicted molar refractivity (Wildman–Crippen MR) is 93.4 cm³/mol. The van der Waals surface area contributed by atoms with Gasteiger partial charge in [-0.3, -0.25) is 4.79 Å². The van der Waals surface area contributed by atoms with E-state index in [4.69, 9.17) is 5.73 Å². The van der Waals surface area contributed by atoms with Crippen LogP contribution < -0.4 is 11.1 Å². The van der Waals surface area contributed by atoms with Gasteiger partial charge in [0.1, 0.15) is 0 Å². The Labute approximate surface area is 137 Å². The van der Waals surface area contributed by atoms with Gasteiger partial charge in [0.05, 0.1) is 5.69 Å². The Kier molecular flexibility index (Phi) is 5.48. The van der Waals surface area contributed by atoms with Crippen LogP contribution in [0.15, 0.2) is 30.5 Å². The van der Waals surface area contributed by atoms with E-state index in [0.717, 1.165) is 29.4 Å². The number of hydrogen-bond acceptors (Lipinski definition) is 2. The third-order valence-electron chi connectivity index (χ3n) is 4.75. The first kappa shape index (κ1) is 16.8. The monoisotopic (exact) mass is 321 g/mol. The van der Waals surface area contributed by atoms with E-state index < -0.39 is 0 Å². The molecule has 0 saturated heterocycles. The van der Waals surface area contributed by atoms with Crippen molar-refractivity contribution in [3.8, 4) is 0 Å². The maximum absolute atomic E-state index is 12.4. The van der Waals surface area contributed by atoms with E-state index in [1.54, 1.807) is 0 Å². The highest BCUT2D eigenvalue weighted by Crippen LogP contribution is 2.38. The summed E-state index contributed by atoms with van der Waals surface area (Å²) in [6.07, 6.45) is 8.23. The van der Waals surface area contributed by atoms with Crippen molar-refractivity contribution in [2.45, 2.75) is 38.5 Å². The van der Waals surface area contributed by atoms with Crippen LogP contribution in [0.1, 0.15) is 38.5 Å². The molecule has 5 heteroatoms. The number of nitrogens with two attached hydrogens (primary N) is 1. The molecule has 1 aromatic carbocycles. The molecule has 0 bridgehead atoms. The van der Waals surface area contributed by atoms with Crippen LogP contribution in [-0.4, -0.2) is 17.4 Å². The number of carbonyl (C=O) groups excluding carboxylic acids is 1. The quantitative estimate of drug-likeness (QED) is 0.801. The number of hydrogen-bond donors (Lipinski definition) is 3. The zero-order chi connectivity index (χ0) is 14.7. The Morgan fingerprint density at radius 1 is 1.23 bits per heavy atom. The topological polar surface area (TPSA) is 70.9 Å². The van der Waals surface area contributed by atoms with E-state index in [0.29, 0.717) is 13.0 Å². The summed E-state index contributed by atoms with van der Waals surface area (Å²) in [4.78, 5) is 15.6. The molecule has 1 aromatic heterocycles. The Hall–Kier alpha value is -1.52. The molecule has 1 aliphatic rings. The fourth-order valence-electron chi connectivity index (χ4n) is 3.48. The Balaban J connectivity index is 0.00000176. The number of rotatable bonds is 4. The first-order valence-corrected chi connectivity index (χ1v) is 7.78. The lowest BCUT2D eigenvalue weighted by atomic mass is 9.71. The molecule has 0 atom stereocenters. The van der Waals surface area contributed by atoms with E-state index in [1.165, 1.54) is 19.3 Å². The second-order valence-electron chi connectivity index (χ2n) is 6.23. The van der Waals surface area contributed by atoms with E-state index in [9.17, 15) is 4.79 Å². The Morgan fingerprint density at radius 3 is 2.73 bits per heavy atom. The van der Waals surface area contributed by atoms with Crippen LogP contribution in [-0.2, 0) is 4.79 Å². The summed E-state index contributed by atoms with van der Waals surface area (Å²) in [5.74, 6) is 0.0797. The van der Waals surface area contributed by atoms with Crippen LogP contribution in [0.3, 0.4) is 0 Å². The molecule has 0 unspecified atom stereocenters. The molecule has 3 rings (SSSR count). The molecular formula is C17H24ClN3O. The van der Waals surface area contributed by atoms with Gasteiger partial charge >= 0.3 is 0 Å². The van der Waals surface area contributed by atoms with Gasteiger partial charge in [-0.05, 0) is 43.0 Å². The highest BCUT2D eigenvalue weighted by atomic mass is 35.5. The van der Waals surface area contributed by atoms with Gasteiger partial charge in [0.25, 0.3) is 0 Å². The number of nitrogens with one attached hydrogen (secondary N) is 2. The van der Waals surface area contributed by atoms with Gasteiger partial charge in [0.15, 0.2) is 0 Å². The SMILES string of the molecule is Cl.NCC1(CC(=O)Nc2cccc3[nH]ccc23)CCCCC1. The number of halogens is 1. The average Bonchev–Trinajstić information content (AvgIpc) is 2.98. The van der Waals surface area contributed by atoms with Crippen LogP contribution in [0, 0.1) is 5.41 Å². The number of amides is 1. The second kappa shape index (κ2) is 7.16. The van der Waals surface area contributed by atoms with Gasteiger partial charge in [-0.2, -0.15) is 0 Å². The lowest BCUT2D eigenvalue weighted by Crippen LogP contribution is -2.36. The second-order valence-corrected chi connectivity index (χ2v) is 6.23. The minimum absolute atomic E-state index is 0.